The van der Waals surface area contributed by atoms with Crippen LogP contribution in [0.4, 0.5) is 0 Å². The largest absolute Gasteiger partial charge is 0.393 e. The third-order valence-electron chi connectivity index (χ3n) is 3.07. The Labute approximate surface area is 95.4 Å². The van der Waals surface area contributed by atoms with Crippen LogP contribution in [0.25, 0.3) is 0 Å². The quantitative estimate of drug-likeness (QED) is 0.814. The summed E-state index contributed by atoms with van der Waals surface area (Å²) in [4.78, 5) is 6.62. The summed E-state index contributed by atoms with van der Waals surface area (Å²) in [6, 6.07) is 0.539. The van der Waals surface area contributed by atoms with Gasteiger partial charge in [0.1, 0.15) is 0 Å². The van der Waals surface area contributed by atoms with Crippen molar-refractivity contribution in [2.75, 3.05) is 13.6 Å². The number of hydrogen-bond donors (Lipinski definition) is 1. The fourth-order valence-corrected chi connectivity index (χ4v) is 2.16. The predicted octanol–water partition coefficient (Wildman–Crippen LogP) is 0.630. The van der Waals surface area contributed by atoms with Crippen LogP contribution in [0.3, 0.4) is 0 Å². The van der Waals surface area contributed by atoms with Gasteiger partial charge >= 0.3 is 0 Å². The van der Waals surface area contributed by atoms with E-state index in [4.69, 9.17) is 4.52 Å². The Balaban J connectivity index is 1.92. The molecule has 1 aromatic heterocycles. The van der Waals surface area contributed by atoms with Crippen LogP contribution in [0.1, 0.15) is 31.5 Å². The molecule has 90 valence electrons. The molecule has 5 nitrogen and oxygen atoms in total. The molecule has 1 fully saturated rings. The maximum absolute atomic E-state index is 9.21. The summed E-state index contributed by atoms with van der Waals surface area (Å²) in [5, 5.41) is 13.1. The Bertz CT molecular complexity index is 338. The molecule has 0 bridgehead atoms. The number of likely N-dealkylation sites (N-methyl/N-ethyl adjacent to an activating group) is 1. The zero-order valence-electron chi connectivity index (χ0n) is 9.89. The van der Waals surface area contributed by atoms with Crippen molar-refractivity contribution in [3.63, 3.8) is 0 Å². The lowest BCUT2D eigenvalue weighted by molar-refractivity contribution is 0.181. The summed E-state index contributed by atoms with van der Waals surface area (Å²) in [6.07, 6.45) is 3.31. The van der Waals surface area contributed by atoms with E-state index in [1.807, 2.05) is 0 Å². The van der Waals surface area contributed by atoms with Crippen LogP contribution in [0, 0.1) is 0 Å². The third-order valence-corrected chi connectivity index (χ3v) is 3.07. The second-order valence-corrected chi connectivity index (χ2v) is 4.64. The van der Waals surface area contributed by atoms with Gasteiger partial charge in [-0.15, -0.1) is 0 Å². The van der Waals surface area contributed by atoms with Gasteiger partial charge in [0.15, 0.2) is 5.82 Å². The van der Waals surface area contributed by atoms with Crippen molar-refractivity contribution in [3.8, 4) is 0 Å². The first kappa shape index (κ1) is 11.5. The minimum absolute atomic E-state index is 0.428. The van der Waals surface area contributed by atoms with E-state index in [0.717, 1.165) is 18.8 Å². The van der Waals surface area contributed by atoms with Crippen molar-refractivity contribution < 1.29 is 9.63 Å². The Hall–Kier alpha value is -0.940. The number of aliphatic hydroxyl groups is 1. The lowest BCUT2D eigenvalue weighted by atomic mass is 10.1. The Morgan fingerprint density at radius 2 is 2.44 bits per heavy atom. The molecule has 16 heavy (non-hydrogen) atoms. The molecule has 1 aromatic rings. The summed E-state index contributed by atoms with van der Waals surface area (Å²) in [6.45, 7) is 2.87. The van der Waals surface area contributed by atoms with Gasteiger partial charge in [-0.25, -0.2) is 0 Å². The van der Waals surface area contributed by atoms with E-state index in [2.05, 4.69) is 22.1 Å². The van der Waals surface area contributed by atoms with Crippen molar-refractivity contribution in [2.24, 2.45) is 0 Å². The number of hydrogen-bond acceptors (Lipinski definition) is 5. The zero-order valence-corrected chi connectivity index (χ0v) is 9.89. The fourth-order valence-electron chi connectivity index (χ4n) is 2.16. The van der Waals surface area contributed by atoms with Gasteiger partial charge in [0.2, 0.25) is 5.89 Å². The van der Waals surface area contributed by atoms with Gasteiger partial charge in [0, 0.05) is 12.5 Å². The SMILES string of the molecule is CC(O)Cc1nc(CC2CCCN2C)no1. The highest BCUT2D eigenvalue weighted by molar-refractivity contribution is 4.93. The zero-order chi connectivity index (χ0) is 11.5. The van der Waals surface area contributed by atoms with Crippen LogP contribution in [0.15, 0.2) is 4.52 Å². The van der Waals surface area contributed by atoms with E-state index in [1.165, 1.54) is 12.8 Å². The molecule has 1 aliphatic heterocycles. The molecular weight excluding hydrogens is 206 g/mol. The molecule has 5 heteroatoms. The highest BCUT2D eigenvalue weighted by atomic mass is 16.5. The number of rotatable bonds is 4. The number of aromatic nitrogens is 2. The third kappa shape index (κ3) is 2.80. The van der Waals surface area contributed by atoms with Crippen molar-refractivity contribution in [1.29, 1.82) is 0 Å². The molecule has 0 aromatic carbocycles. The van der Waals surface area contributed by atoms with Gasteiger partial charge in [0.05, 0.1) is 12.5 Å². The number of nitrogens with zero attached hydrogens (tertiary/aromatic N) is 3. The van der Waals surface area contributed by atoms with Gasteiger partial charge in [0.25, 0.3) is 0 Å². The van der Waals surface area contributed by atoms with Crippen molar-refractivity contribution in [1.82, 2.24) is 15.0 Å². The van der Waals surface area contributed by atoms with E-state index in [0.29, 0.717) is 18.4 Å². The molecule has 0 saturated carbocycles. The molecule has 0 radical (unpaired) electrons. The number of aliphatic hydroxyl groups excluding tert-OH is 1. The molecular formula is C11H19N3O2. The summed E-state index contributed by atoms with van der Waals surface area (Å²) in [5.41, 5.74) is 0. The second kappa shape index (κ2) is 4.93. The molecule has 0 spiro atoms. The smallest absolute Gasteiger partial charge is 0.229 e. The molecule has 2 atom stereocenters. The van der Waals surface area contributed by atoms with Gasteiger partial charge < -0.3 is 14.5 Å². The van der Waals surface area contributed by atoms with Crippen molar-refractivity contribution in [2.45, 2.75) is 44.8 Å². The Morgan fingerprint density at radius 1 is 1.62 bits per heavy atom. The molecule has 0 aliphatic carbocycles. The standard InChI is InChI=1S/C11H19N3O2/c1-8(15)6-11-12-10(13-16-11)7-9-4-3-5-14(9)2/h8-9,15H,3-7H2,1-2H3. The van der Waals surface area contributed by atoms with Crippen LogP contribution < -0.4 is 0 Å². The molecule has 2 unspecified atom stereocenters. The average Bonchev–Trinajstić information content (AvgIpc) is 2.77. The topological polar surface area (TPSA) is 62.4 Å². The molecule has 1 saturated heterocycles. The van der Waals surface area contributed by atoms with Crippen molar-refractivity contribution >= 4 is 0 Å². The van der Waals surface area contributed by atoms with Crippen LogP contribution in [0.5, 0.6) is 0 Å². The van der Waals surface area contributed by atoms with Crippen LogP contribution in [-0.2, 0) is 12.8 Å². The van der Waals surface area contributed by atoms with Crippen LogP contribution in [0.2, 0.25) is 0 Å². The number of likely N-dealkylation sites (tertiary alicyclic amines) is 1. The predicted molar refractivity (Wildman–Crippen MR) is 59.0 cm³/mol. The summed E-state index contributed by atoms with van der Waals surface area (Å²) in [7, 11) is 2.13. The first-order valence-electron chi connectivity index (χ1n) is 5.85. The van der Waals surface area contributed by atoms with E-state index in [9.17, 15) is 5.11 Å². The maximum atomic E-state index is 9.21. The maximum Gasteiger partial charge on any atom is 0.229 e. The van der Waals surface area contributed by atoms with Gasteiger partial charge in [-0.3, -0.25) is 0 Å². The van der Waals surface area contributed by atoms with E-state index in [-0.39, 0.29) is 0 Å². The average molecular weight is 225 g/mol. The van der Waals surface area contributed by atoms with Gasteiger partial charge in [-0.2, -0.15) is 4.98 Å². The molecule has 1 N–H and O–H groups in total. The Morgan fingerprint density at radius 3 is 3.06 bits per heavy atom. The second-order valence-electron chi connectivity index (χ2n) is 4.64. The fraction of sp³-hybridized carbons (Fsp3) is 0.818. The van der Waals surface area contributed by atoms with Crippen molar-refractivity contribution in [3.05, 3.63) is 11.7 Å². The summed E-state index contributed by atoms with van der Waals surface area (Å²) < 4.78 is 5.08. The molecule has 2 heterocycles. The van der Waals surface area contributed by atoms with E-state index >= 15 is 0 Å². The normalized spacial score (nSPS) is 23.8. The molecule has 1 aliphatic rings. The summed E-state index contributed by atoms with van der Waals surface area (Å²) >= 11 is 0. The monoisotopic (exact) mass is 225 g/mol. The highest BCUT2D eigenvalue weighted by Crippen LogP contribution is 2.18. The highest BCUT2D eigenvalue weighted by Gasteiger charge is 2.23. The van der Waals surface area contributed by atoms with Crippen LogP contribution in [-0.4, -0.2) is 45.9 Å². The van der Waals surface area contributed by atoms with Gasteiger partial charge in [-0.1, -0.05) is 5.16 Å². The molecule has 2 rings (SSSR count). The minimum Gasteiger partial charge on any atom is -0.393 e. The molecule has 0 amide bonds. The lowest BCUT2D eigenvalue weighted by Gasteiger charge is -2.16. The van der Waals surface area contributed by atoms with E-state index in [1.54, 1.807) is 6.92 Å². The lowest BCUT2D eigenvalue weighted by Crippen LogP contribution is -2.27. The minimum atomic E-state index is -0.428. The van der Waals surface area contributed by atoms with E-state index < -0.39 is 6.10 Å². The first-order valence-corrected chi connectivity index (χ1v) is 5.85. The first-order chi connectivity index (χ1) is 7.65. The summed E-state index contributed by atoms with van der Waals surface area (Å²) in [5.74, 6) is 1.29. The Kier molecular flexibility index (Phi) is 3.56. The van der Waals surface area contributed by atoms with Gasteiger partial charge in [-0.05, 0) is 33.4 Å². The van der Waals surface area contributed by atoms with Crippen LogP contribution >= 0.6 is 0 Å².